The molecule has 1 fully saturated rings. The van der Waals surface area contributed by atoms with Crippen molar-refractivity contribution >= 4 is 11.8 Å². The maximum absolute atomic E-state index is 5.53. The SMILES string of the molecule is COC1CC(Nc2nccc(N)n2)C1. The van der Waals surface area contributed by atoms with Crippen LogP contribution in [0.25, 0.3) is 0 Å². The Morgan fingerprint density at radius 3 is 3.00 bits per heavy atom. The van der Waals surface area contributed by atoms with Gasteiger partial charge in [-0.2, -0.15) is 4.98 Å². The number of nitrogens with two attached hydrogens (primary N) is 1. The Labute approximate surface area is 82.7 Å². The van der Waals surface area contributed by atoms with Crippen LogP contribution in [0, 0.1) is 0 Å². The molecule has 0 amide bonds. The zero-order chi connectivity index (χ0) is 9.97. The van der Waals surface area contributed by atoms with E-state index in [4.69, 9.17) is 10.5 Å². The van der Waals surface area contributed by atoms with Gasteiger partial charge in [0.25, 0.3) is 0 Å². The van der Waals surface area contributed by atoms with Gasteiger partial charge in [0.2, 0.25) is 5.95 Å². The van der Waals surface area contributed by atoms with Crippen molar-refractivity contribution in [2.45, 2.75) is 25.0 Å². The highest BCUT2D eigenvalue weighted by molar-refractivity contribution is 5.36. The highest BCUT2D eigenvalue weighted by Crippen LogP contribution is 2.24. The third-order valence-electron chi connectivity index (χ3n) is 2.44. The minimum Gasteiger partial charge on any atom is -0.384 e. The molecular weight excluding hydrogens is 180 g/mol. The van der Waals surface area contributed by atoms with E-state index in [0.717, 1.165) is 12.8 Å². The van der Waals surface area contributed by atoms with E-state index in [-0.39, 0.29) is 0 Å². The van der Waals surface area contributed by atoms with Crippen LogP contribution in [0.1, 0.15) is 12.8 Å². The lowest BCUT2D eigenvalue weighted by Crippen LogP contribution is -2.40. The molecule has 2 rings (SSSR count). The largest absolute Gasteiger partial charge is 0.384 e. The molecule has 0 atom stereocenters. The first-order valence-corrected chi connectivity index (χ1v) is 4.66. The maximum Gasteiger partial charge on any atom is 0.224 e. The first-order chi connectivity index (χ1) is 6.78. The summed E-state index contributed by atoms with van der Waals surface area (Å²) in [6, 6.07) is 2.09. The number of nitrogen functional groups attached to an aromatic ring is 1. The number of hydrogen-bond acceptors (Lipinski definition) is 5. The van der Waals surface area contributed by atoms with Gasteiger partial charge < -0.3 is 15.8 Å². The molecular formula is C9H14N4O. The summed E-state index contributed by atoms with van der Waals surface area (Å²) >= 11 is 0. The Bertz CT molecular complexity index is 311. The van der Waals surface area contributed by atoms with Gasteiger partial charge in [0.1, 0.15) is 5.82 Å². The first kappa shape index (κ1) is 9.21. The molecule has 3 N–H and O–H groups in total. The van der Waals surface area contributed by atoms with E-state index in [9.17, 15) is 0 Å². The van der Waals surface area contributed by atoms with Crippen LogP contribution < -0.4 is 11.1 Å². The molecule has 5 heteroatoms. The monoisotopic (exact) mass is 194 g/mol. The summed E-state index contributed by atoms with van der Waals surface area (Å²) in [4.78, 5) is 8.13. The fraction of sp³-hybridized carbons (Fsp3) is 0.556. The highest BCUT2D eigenvalue weighted by Gasteiger charge is 2.29. The summed E-state index contributed by atoms with van der Waals surface area (Å²) in [5.74, 6) is 1.09. The van der Waals surface area contributed by atoms with Gasteiger partial charge in [-0.05, 0) is 18.9 Å². The van der Waals surface area contributed by atoms with Crippen molar-refractivity contribution in [3.05, 3.63) is 12.3 Å². The van der Waals surface area contributed by atoms with Crippen molar-refractivity contribution in [3.63, 3.8) is 0 Å². The zero-order valence-electron chi connectivity index (χ0n) is 8.10. The fourth-order valence-electron chi connectivity index (χ4n) is 1.50. The number of anilines is 2. The number of aromatic nitrogens is 2. The molecule has 0 bridgehead atoms. The Hall–Kier alpha value is -1.36. The molecule has 1 aliphatic rings. The molecule has 1 saturated carbocycles. The van der Waals surface area contributed by atoms with Crippen molar-refractivity contribution in [2.24, 2.45) is 0 Å². The number of methoxy groups -OCH3 is 1. The van der Waals surface area contributed by atoms with Crippen LogP contribution in [-0.4, -0.2) is 29.2 Å². The number of nitrogens with zero attached hydrogens (tertiary/aromatic N) is 2. The van der Waals surface area contributed by atoms with Gasteiger partial charge >= 0.3 is 0 Å². The topological polar surface area (TPSA) is 73.1 Å². The summed E-state index contributed by atoms with van der Waals surface area (Å²) < 4.78 is 5.17. The van der Waals surface area contributed by atoms with Gasteiger partial charge in [0.05, 0.1) is 6.10 Å². The Morgan fingerprint density at radius 1 is 1.57 bits per heavy atom. The van der Waals surface area contributed by atoms with E-state index in [1.54, 1.807) is 19.4 Å². The predicted molar refractivity (Wildman–Crippen MR) is 53.9 cm³/mol. The van der Waals surface area contributed by atoms with Gasteiger partial charge in [0.15, 0.2) is 0 Å². The normalized spacial score (nSPS) is 25.5. The quantitative estimate of drug-likeness (QED) is 0.739. The standard InChI is InChI=1S/C9H14N4O/c1-14-7-4-6(5-7)12-9-11-3-2-8(10)13-9/h2-3,6-7H,4-5H2,1H3,(H3,10,11,12,13). The molecule has 14 heavy (non-hydrogen) atoms. The molecule has 1 aromatic heterocycles. The summed E-state index contributed by atoms with van der Waals surface area (Å²) in [5, 5.41) is 3.20. The molecule has 5 nitrogen and oxygen atoms in total. The molecule has 0 aliphatic heterocycles. The van der Waals surface area contributed by atoms with E-state index in [0.29, 0.717) is 23.9 Å². The van der Waals surface area contributed by atoms with Crippen LogP contribution in [0.3, 0.4) is 0 Å². The van der Waals surface area contributed by atoms with Crippen LogP contribution in [-0.2, 0) is 4.74 Å². The Kier molecular flexibility index (Phi) is 2.49. The highest BCUT2D eigenvalue weighted by atomic mass is 16.5. The third kappa shape index (κ3) is 1.93. The minimum absolute atomic E-state index is 0.383. The van der Waals surface area contributed by atoms with Crippen molar-refractivity contribution < 1.29 is 4.74 Å². The minimum atomic E-state index is 0.383. The second-order valence-electron chi connectivity index (χ2n) is 3.48. The predicted octanol–water partition coefficient (Wildman–Crippen LogP) is 0.648. The molecule has 1 heterocycles. The Morgan fingerprint density at radius 2 is 2.36 bits per heavy atom. The zero-order valence-corrected chi connectivity index (χ0v) is 8.10. The van der Waals surface area contributed by atoms with Crippen molar-refractivity contribution in [2.75, 3.05) is 18.2 Å². The van der Waals surface area contributed by atoms with E-state index in [1.807, 2.05) is 0 Å². The molecule has 0 aromatic carbocycles. The van der Waals surface area contributed by atoms with E-state index < -0.39 is 0 Å². The molecule has 0 saturated heterocycles. The smallest absolute Gasteiger partial charge is 0.224 e. The maximum atomic E-state index is 5.53. The van der Waals surface area contributed by atoms with Crippen LogP contribution in [0.2, 0.25) is 0 Å². The molecule has 1 aromatic rings. The Balaban J connectivity index is 1.87. The summed E-state index contributed by atoms with van der Waals surface area (Å²) in [5.41, 5.74) is 5.53. The van der Waals surface area contributed by atoms with Gasteiger partial charge in [-0.3, -0.25) is 0 Å². The third-order valence-corrected chi connectivity index (χ3v) is 2.44. The van der Waals surface area contributed by atoms with Gasteiger partial charge in [-0.15, -0.1) is 0 Å². The van der Waals surface area contributed by atoms with E-state index in [2.05, 4.69) is 15.3 Å². The van der Waals surface area contributed by atoms with Crippen molar-refractivity contribution in [1.82, 2.24) is 9.97 Å². The molecule has 76 valence electrons. The molecule has 1 aliphatic carbocycles. The summed E-state index contributed by atoms with van der Waals surface area (Å²) in [6.07, 6.45) is 4.05. The summed E-state index contributed by atoms with van der Waals surface area (Å²) in [7, 11) is 1.73. The first-order valence-electron chi connectivity index (χ1n) is 4.66. The van der Waals surface area contributed by atoms with E-state index in [1.165, 1.54) is 0 Å². The lowest BCUT2D eigenvalue weighted by atomic mass is 9.89. The van der Waals surface area contributed by atoms with Crippen molar-refractivity contribution in [3.8, 4) is 0 Å². The van der Waals surface area contributed by atoms with Gasteiger partial charge in [-0.25, -0.2) is 4.98 Å². The average molecular weight is 194 g/mol. The number of nitrogens with one attached hydrogen (secondary N) is 1. The van der Waals surface area contributed by atoms with E-state index >= 15 is 0 Å². The van der Waals surface area contributed by atoms with Gasteiger partial charge in [-0.1, -0.05) is 0 Å². The van der Waals surface area contributed by atoms with Crippen LogP contribution in [0.5, 0.6) is 0 Å². The average Bonchev–Trinajstić information content (AvgIpc) is 2.10. The van der Waals surface area contributed by atoms with Crippen LogP contribution >= 0.6 is 0 Å². The molecule has 0 spiro atoms. The fourth-order valence-corrected chi connectivity index (χ4v) is 1.50. The second kappa shape index (κ2) is 3.79. The number of hydrogen-bond donors (Lipinski definition) is 2. The lowest BCUT2D eigenvalue weighted by Gasteiger charge is -2.34. The number of rotatable bonds is 3. The molecule has 0 radical (unpaired) electrons. The lowest BCUT2D eigenvalue weighted by molar-refractivity contribution is 0.0327. The number of ether oxygens (including phenoxy) is 1. The van der Waals surface area contributed by atoms with Crippen LogP contribution in [0.4, 0.5) is 11.8 Å². The van der Waals surface area contributed by atoms with Crippen LogP contribution in [0.15, 0.2) is 12.3 Å². The van der Waals surface area contributed by atoms with Gasteiger partial charge in [0, 0.05) is 19.3 Å². The second-order valence-corrected chi connectivity index (χ2v) is 3.48. The van der Waals surface area contributed by atoms with Crippen molar-refractivity contribution in [1.29, 1.82) is 0 Å². The molecule has 0 unspecified atom stereocenters. The summed E-state index contributed by atoms with van der Waals surface area (Å²) in [6.45, 7) is 0.